The summed E-state index contributed by atoms with van der Waals surface area (Å²) in [5.41, 5.74) is 0.548. The lowest BCUT2D eigenvalue weighted by Gasteiger charge is -2.49. The highest BCUT2D eigenvalue weighted by Crippen LogP contribution is 2.60. The Morgan fingerprint density at radius 2 is 1.73 bits per heavy atom. The van der Waals surface area contributed by atoms with Crippen LogP contribution in [-0.2, 0) is 25.5 Å². The summed E-state index contributed by atoms with van der Waals surface area (Å²) >= 11 is 0. The molecule has 3 atom stereocenters. The van der Waals surface area contributed by atoms with Crippen LogP contribution in [0.25, 0.3) is 0 Å². The van der Waals surface area contributed by atoms with Gasteiger partial charge in [-0.3, -0.25) is 19.3 Å². The third kappa shape index (κ3) is 4.91. The molecule has 37 heavy (non-hydrogen) atoms. The number of nitrogens with zero attached hydrogens (tertiary/aromatic N) is 1. The molecule has 2 aromatic rings. The fraction of sp³-hybridized carbons (Fsp3) is 0.467. The number of amides is 3. The fourth-order valence-electron chi connectivity index (χ4n) is 5.59. The highest BCUT2D eigenvalue weighted by atomic mass is 16.5. The van der Waals surface area contributed by atoms with Crippen molar-refractivity contribution in [2.24, 2.45) is 16.7 Å². The number of rotatable bonds is 9. The maximum Gasteiger partial charge on any atom is 0.338 e. The Labute approximate surface area is 218 Å². The van der Waals surface area contributed by atoms with Crippen LogP contribution in [0.3, 0.4) is 0 Å². The van der Waals surface area contributed by atoms with E-state index in [0.29, 0.717) is 30.7 Å². The molecule has 7 heteroatoms. The average Bonchev–Trinajstić information content (AvgIpc) is 3.07. The molecule has 3 unspecified atom stereocenters. The van der Waals surface area contributed by atoms with Crippen LogP contribution in [0, 0.1) is 16.7 Å². The van der Waals surface area contributed by atoms with E-state index in [4.69, 9.17) is 4.74 Å². The van der Waals surface area contributed by atoms with Crippen molar-refractivity contribution >= 4 is 29.4 Å². The zero-order valence-electron chi connectivity index (χ0n) is 22.1. The normalized spacial score (nSPS) is 23.0. The Bertz CT molecular complexity index is 1170. The second-order valence-corrected chi connectivity index (χ2v) is 10.9. The molecule has 196 valence electrons. The Balaban J connectivity index is 1.58. The van der Waals surface area contributed by atoms with E-state index in [1.807, 2.05) is 58.0 Å². The minimum absolute atomic E-state index is 0.217. The lowest BCUT2D eigenvalue weighted by molar-refractivity contribution is -0.172. The van der Waals surface area contributed by atoms with Gasteiger partial charge in [-0.25, -0.2) is 4.79 Å². The summed E-state index contributed by atoms with van der Waals surface area (Å²) in [5, 5.41) is 2.87. The molecule has 1 saturated heterocycles. The molecule has 1 aliphatic carbocycles. The molecule has 0 aromatic heterocycles. The van der Waals surface area contributed by atoms with Gasteiger partial charge in [-0.2, -0.15) is 0 Å². The average molecular weight is 505 g/mol. The number of hydrogen-bond donors (Lipinski definition) is 1. The Morgan fingerprint density at radius 3 is 2.38 bits per heavy atom. The lowest BCUT2D eigenvalue weighted by Crippen LogP contribution is -2.64. The number of likely N-dealkylation sites (tertiary alicyclic amines) is 1. The van der Waals surface area contributed by atoms with Crippen molar-refractivity contribution in [2.75, 3.05) is 11.9 Å². The standard InChI is InChI=1S/C30H36N2O5/c1-5-6-18-37-27(35)21-12-14-22(15-13-21)31-25(33)24(19-20-10-8-7-9-11-20)32-26(34)23-16-17-30(4,28(32)36)29(23,2)3/h7-15,23-24H,5-6,16-19H2,1-4H3,(H,31,33). The maximum absolute atomic E-state index is 13.8. The number of hydrogen-bond acceptors (Lipinski definition) is 5. The minimum Gasteiger partial charge on any atom is -0.462 e. The Morgan fingerprint density at radius 1 is 1.05 bits per heavy atom. The molecule has 3 amide bonds. The second kappa shape index (κ2) is 10.5. The number of carbonyl (C=O) groups is 4. The van der Waals surface area contributed by atoms with Gasteiger partial charge in [-0.15, -0.1) is 0 Å². The van der Waals surface area contributed by atoms with Crippen LogP contribution in [0.4, 0.5) is 5.69 Å². The van der Waals surface area contributed by atoms with E-state index in [-0.39, 0.29) is 24.2 Å². The summed E-state index contributed by atoms with van der Waals surface area (Å²) in [6, 6.07) is 14.9. The number of ether oxygens (including phenoxy) is 1. The number of benzene rings is 2. The van der Waals surface area contributed by atoms with Gasteiger partial charge in [-0.1, -0.05) is 64.4 Å². The van der Waals surface area contributed by atoms with Crippen LogP contribution in [0.15, 0.2) is 54.6 Å². The summed E-state index contributed by atoms with van der Waals surface area (Å²) < 4.78 is 5.24. The van der Waals surface area contributed by atoms with Crippen LogP contribution in [-0.4, -0.2) is 41.2 Å². The van der Waals surface area contributed by atoms with E-state index in [2.05, 4.69) is 5.32 Å². The SMILES string of the molecule is CCCCOC(=O)c1ccc(NC(=O)C(Cc2ccccc2)N2C(=O)C3CCC(C)(C2=O)C3(C)C)cc1. The van der Waals surface area contributed by atoms with Crippen LogP contribution in [0.1, 0.15) is 69.3 Å². The lowest BCUT2D eigenvalue weighted by atomic mass is 9.62. The van der Waals surface area contributed by atoms with Gasteiger partial charge in [0.25, 0.3) is 0 Å². The summed E-state index contributed by atoms with van der Waals surface area (Å²) in [4.78, 5) is 54.5. The minimum atomic E-state index is -0.989. The van der Waals surface area contributed by atoms with E-state index in [1.165, 1.54) is 4.90 Å². The number of imide groups is 1. The van der Waals surface area contributed by atoms with Gasteiger partial charge in [0.05, 0.1) is 17.6 Å². The summed E-state index contributed by atoms with van der Waals surface area (Å²) in [5.74, 6) is -1.71. The van der Waals surface area contributed by atoms with Crippen LogP contribution >= 0.6 is 0 Å². The van der Waals surface area contributed by atoms with Gasteiger partial charge in [0, 0.05) is 18.0 Å². The van der Waals surface area contributed by atoms with Crippen LogP contribution in [0.2, 0.25) is 0 Å². The van der Waals surface area contributed by atoms with Crippen molar-refractivity contribution < 1.29 is 23.9 Å². The van der Waals surface area contributed by atoms with Crippen LogP contribution in [0.5, 0.6) is 0 Å². The van der Waals surface area contributed by atoms with Crippen molar-refractivity contribution in [1.82, 2.24) is 4.90 Å². The van der Waals surface area contributed by atoms with Crippen molar-refractivity contribution in [3.8, 4) is 0 Å². The molecule has 2 aliphatic rings. The van der Waals surface area contributed by atoms with E-state index in [9.17, 15) is 19.2 Å². The number of fused-ring (bicyclic) bond motifs is 2. The van der Waals surface area contributed by atoms with E-state index >= 15 is 0 Å². The van der Waals surface area contributed by atoms with E-state index in [1.54, 1.807) is 24.3 Å². The molecule has 2 fully saturated rings. The largest absolute Gasteiger partial charge is 0.462 e. The van der Waals surface area contributed by atoms with Gasteiger partial charge >= 0.3 is 5.97 Å². The number of piperidine rings is 1. The first kappa shape index (κ1) is 26.6. The van der Waals surface area contributed by atoms with Gasteiger partial charge in [0.15, 0.2) is 0 Å². The topological polar surface area (TPSA) is 92.8 Å². The van der Waals surface area contributed by atoms with Crippen molar-refractivity contribution in [1.29, 1.82) is 0 Å². The molecule has 2 bridgehead atoms. The fourth-order valence-corrected chi connectivity index (χ4v) is 5.59. The Hall–Kier alpha value is -3.48. The van der Waals surface area contributed by atoms with E-state index in [0.717, 1.165) is 18.4 Å². The van der Waals surface area contributed by atoms with Crippen molar-refractivity contribution in [3.05, 3.63) is 65.7 Å². The molecule has 1 N–H and O–H groups in total. The van der Waals surface area contributed by atoms with Gasteiger partial charge in [0.2, 0.25) is 17.7 Å². The third-order valence-electron chi connectivity index (χ3n) is 8.46. The number of carbonyl (C=O) groups excluding carboxylic acids is 4. The summed E-state index contributed by atoms with van der Waals surface area (Å²) in [7, 11) is 0. The Kier molecular flexibility index (Phi) is 7.53. The molecule has 1 saturated carbocycles. The van der Waals surface area contributed by atoms with Crippen molar-refractivity contribution in [3.63, 3.8) is 0 Å². The summed E-state index contributed by atoms with van der Waals surface area (Å²) in [6.45, 7) is 8.28. The predicted molar refractivity (Wildman–Crippen MR) is 141 cm³/mol. The quantitative estimate of drug-likeness (QED) is 0.295. The highest BCUT2D eigenvalue weighted by Gasteiger charge is 2.65. The molecular formula is C30H36N2O5. The number of anilines is 1. The molecule has 1 aliphatic heterocycles. The van der Waals surface area contributed by atoms with Gasteiger partial charge in [-0.05, 0) is 54.5 Å². The molecule has 4 rings (SSSR count). The molecule has 1 heterocycles. The first-order valence-electron chi connectivity index (χ1n) is 13.1. The maximum atomic E-state index is 13.8. The molecule has 7 nitrogen and oxygen atoms in total. The monoisotopic (exact) mass is 504 g/mol. The van der Waals surface area contributed by atoms with Crippen molar-refractivity contribution in [2.45, 2.75) is 65.8 Å². The van der Waals surface area contributed by atoms with E-state index < -0.39 is 28.7 Å². The highest BCUT2D eigenvalue weighted by molar-refractivity contribution is 6.09. The number of esters is 1. The first-order valence-corrected chi connectivity index (χ1v) is 13.1. The smallest absolute Gasteiger partial charge is 0.338 e. The molecule has 0 radical (unpaired) electrons. The number of unbranched alkanes of at least 4 members (excludes halogenated alkanes) is 1. The third-order valence-corrected chi connectivity index (χ3v) is 8.46. The predicted octanol–water partition coefficient (Wildman–Crippen LogP) is 5.00. The number of nitrogens with one attached hydrogen (secondary N) is 1. The molecule has 2 aromatic carbocycles. The van der Waals surface area contributed by atoms with Gasteiger partial charge < -0.3 is 10.1 Å². The zero-order chi connectivity index (χ0) is 26.8. The molecule has 0 spiro atoms. The second-order valence-electron chi connectivity index (χ2n) is 10.9. The molecular weight excluding hydrogens is 468 g/mol. The summed E-state index contributed by atoms with van der Waals surface area (Å²) in [6.07, 6.45) is 3.21. The van der Waals surface area contributed by atoms with Crippen LogP contribution < -0.4 is 5.32 Å². The zero-order valence-corrected chi connectivity index (χ0v) is 22.1. The van der Waals surface area contributed by atoms with Gasteiger partial charge in [0.1, 0.15) is 6.04 Å². The first-order chi connectivity index (χ1) is 17.6.